The van der Waals surface area contributed by atoms with Gasteiger partial charge in [0.05, 0.1) is 29.0 Å². The average molecular weight is 515 g/mol. The third-order valence-corrected chi connectivity index (χ3v) is 7.66. The Kier molecular flexibility index (Phi) is 6.70. The summed E-state index contributed by atoms with van der Waals surface area (Å²) in [7, 11) is 0. The number of fused-ring (bicyclic) bond motifs is 1. The van der Waals surface area contributed by atoms with Crippen LogP contribution in [0.15, 0.2) is 31.0 Å². The van der Waals surface area contributed by atoms with Crippen LogP contribution in [0, 0.1) is 18.8 Å². The monoisotopic (exact) mass is 514 g/mol. The lowest BCUT2D eigenvalue weighted by molar-refractivity contribution is -0.137. The smallest absolute Gasteiger partial charge is 0.304 e. The Morgan fingerprint density at radius 3 is 2.77 bits per heavy atom. The zero-order valence-electron chi connectivity index (χ0n) is 19.6. The van der Waals surface area contributed by atoms with E-state index < -0.39 is 5.97 Å². The SMILES string of the molecule is C=C(c1ccc(Cl)cc1Cl)n1nc(C)c2ncc(N3CC([C@@H]4CCCN(CCC(=O)O)C4)C3)nc21. The first-order valence-electron chi connectivity index (χ1n) is 11.9. The molecule has 2 aliphatic rings. The lowest BCUT2D eigenvalue weighted by Crippen LogP contribution is -2.54. The van der Waals surface area contributed by atoms with Gasteiger partial charge in [-0.3, -0.25) is 4.79 Å². The van der Waals surface area contributed by atoms with E-state index in [-0.39, 0.29) is 6.42 Å². The van der Waals surface area contributed by atoms with Gasteiger partial charge in [-0.2, -0.15) is 5.10 Å². The number of carboxylic acid groups (broad SMARTS) is 1. The van der Waals surface area contributed by atoms with Gasteiger partial charge in [-0.15, -0.1) is 0 Å². The maximum atomic E-state index is 10.9. The van der Waals surface area contributed by atoms with Crippen molar-refractivity contribution >= 4 is 51.8 Å². The van der Waals surface area contributed by atoms with Gasteiger partial charge in [0, 0.05) is 36.8 Å². The minimum absolute atomic E-state index is 0.207. The summed E-state index contributed by atoms with van der Waals surface area (Å²) in [5.74, 6) is 1.26. The van der Waals surface area contributed by atoms with Gasteiger partial charge in [0.1, 0.15) is 11.3 Å². The Labute approximate surface area is 214 Å². The Morgan fingerprint density at radius 2 is 2.03 bits per heavy atom. The highest BCUT2D eigenvalue weighted by Crippen LogP contribution is 2.34. The molecule has 0 amide bonds. The summed E-state index contributed by atoms with van der Waals surface area (Å²) in [5.41, 5.74) is 3.51. The van der Waals surface area contributed by atoms with Crippen LogP contribution in [0.25, 0.3) is 16.9 Å². The summed E-state index contributed by atoms with van der Waals surface area (Å²) in [5, 5.41) is 14.7. The molecule has 3 aromatic rings. The third kappa shape index (κ3) is 4.87. The van der Waals surface area contributed by atoms with Crippen LogP contribution in [0.3, 0.4) is 0 Å². The molecule has 0 saturated carbocycles. The maximum absolute atomic E-state index is 10.9. The van der Waals surface area contributed by atoms with Crippen LogP contribution in [0.5, 0.6) is 0 Å². The molecule has 4 heterocycles. The van der Waals surface area contributed by atoms with Crippen LogP contribution in [-0.2, 0) is 4.79 Å². The number of hydrogen-bond donors (Lipinski definition) is 1. The van der Waals surface area contributed by atoms with Crippen molar-refractivity contribution in [2.45, 2.75) is 26.2 Å². The summed E-state index contributed by atoms with van der Waals surface area (Å²) < 4.78 is 1.70. The van der Waals surface area contributed by atoms with Gasteiger partial charge in [0.2, 0.25) is 0 Å². The van der Waals surface area contributed by atoms with Crippen molar-refractivity contribution in [1.29, 1.82) is 0 Å². The fourth-order valence-corrected chi connectivity index (χ4v) is 5.64. The molecule has 2 fully saturated rings. The Bertz CT molecular complexity index is 1290. The Balaban J connectivity index is 1.31. The summed E-state index contributed by atoms with van der Waals surface area (Å²) in [6, 6.07) is 5.29. The molecule has 2 aliphatic heterocycles. The normalized spacial score (nSPS) is 19.2. The minimum atomic E-state index is -0.730. The van der Waals surface area contributed by atoms with Gasteiger partial charge >= 0.3 is 5.97 Å². The summed E-state index contributed by atoms with van der Waals surface area (Å²) in [4.78, 5) is 25.0. The van der Waals surface area contributed by atoms with E-state index in [4.69, 9.17) is 33.3 Å². The van der Waals surface area contributed by atoms with Crippen LogP contribution in [-0.4, -0.2) is 68.4 Å². The molecule has 2 aromatic heterocycles. The van der Waals surface area contributed by atoms with Crippen molar-refractivity contribution < 1.29 is 9.90 Å². The summed E-state index contributed by atoms with van der Waals surface area (Å²) in [6.07, 6.45) is 4.34. The van der Waals surface area contributed by atoms with Crippen molar-refractivity contribution in [2.75, 3.05) is 37.6 Å². The minimum Gasteiger partial charge on any atom is -0.481 e. The van der Waals surface area contributed by atoms with Crippen molar-refractivity contribution in [3.8, 4) is 0 Å². The number of hydrogen-bond acceptors (Lipinski definition) is 6. The van der Waals surface area contributed by atoms with Gasteiger partial charge in [0.25, 0.3) is 0 Å². The number of nitrogens with zero attached hydrogens (tertiary/aromatic N) is 6. The van der Waals surface area contributed by atoms with E-state index in [0.29, 0.717) is 39.8 Å². The number of aliphatic carboxylic acids is 1. The van der Waals surface area contributed by atoms with Crippen LogP contribution >= 0.6 is 23.2 Å². The van der Waals surface area contributed by atoms with Crippen LogP contribution in [0.1, 0.15) is 30.5 Å². The highest BCUT2D eigenvalue weighted by atomic mass is 35.5. The van der Waals surface area contributed by atoms with E-state index >= 15 is 0 Å². The first-order chi connectivity index (χ1) is 16.8. The van der Waals surface area contributed by atoms with Crippen molar-refractivity contribution in [3.63, 3.8) is 0 Å². The van der Waals surface area contributed by atoms with E-state index in [1.165, 1.54) is 6.42 Å². The standard InChI is InChI=1S/C25H28Cl2N6O2/c1-15-24-25(33(30-15)16(2)20-6-5-19(26)10-21(20)27)29-22(11-28-24)32-13-18(14-32)17-4-3-8-31(12-17)9-7-23(34)35/h5-6,10-11,17-18H,2-4,7-9,12-14H2,1H3,(H,34,35)/t17-/m1/s1. The molecule has 0 spiro atoms. The molecule has 184 valence electrons. The topological polar surface area (TPSA) is 87.4 Å². The highest BCUT2D eigenvalue weighted by Gasteiger charge is 2.36. The predicted octanol–water partition coefficient (Wildman–Crippen LogP) is 4.58. The zero-order chi connectivity index (χ0) is 24.7. The second-order valence-electron chi connectivity index (χ2n) is 9.48. The van der Waals surface area contributed by atoms with E-state index in [1.807, 2.05) is 19.2 Å². The molecule has 8 nitrogen and oxygen atoms in total. The number of aryl methyl sites for hydroxylation is 1. The van der Waals surface area contributed by atoms with Gasteiger partial charge in [-0.1, -0.05) is 29.8 Å². The van der Waals surface area contributed by atoms with Crippen molar-refractivity contribution in [1.82, 2.24) is 24.6 Å². The van der Waals surface area contributed by atoms with Gasteiger partial charge in [-0.05, 0) is 56.3 Å². The number of halogens is 2. The zero-order valence-corrected chi connectivity index (χ0v) is 21.1. The molecule has 2 saturated heterocycles. The predicted molar refractivity (Wildman–Crippen MR) is 138 cm³/mol. The fourth-order valence-electron chi connectivity index (χ4n) is 5.13. The second kappa shape index (κ2) is 9.76. The third-order valence-electron chi connectivity index (χ3n) is 7.12. The van der Waals surface area contributed by atoms with Crippen molar-refractivity contribution in [2.24, 2.45) is 11.8 Å². The average Bonchev–Trinajstić information content (AvgIpc) is 3.12. The molecule has 5 rings (SSSR count). The summed E-state index contributed by atoms with van der Waals surface area (Å²) in [6.45, 7) is 10.6. The van der Waals surface area contributed by atoms with Gasteiger partial charge in [0.15, 0.2) is 5.65 Å². The number of likely N-dealkylation sites (tertiary alicyclic amines) is 1. The quantitative estimate of drug-likeness (QED) is 0.493. The summed E-state index contributed by atoms with van der Waals surface area (Å²) >= 11 is 12.5. The number of rotatable bonds is 7. The number of carboxylic acids is 1. The van der Waals surface area contributed by atoms with E-state index in [0.717, 1.165) is 55.2 Å². The number of piperidine rings is 1. The molecule has 0 aliphatic carbocycles. The number of benzene rings is 1. The second-order valence-corrected chi connectivity index (χ2v) is 10.3. The van der Waals surface area contributed by atoms with E-state index in [1.54, 1.807) is 16.8 Å². The maximum Gasteiger partial charge on any atom is 0.304 e. The van der Waals surface area contributed by atoms with Crippen molar-refractivity contribution in [3.05, 3.63) is 52.3 Å². The fraction of sp³-hybridized carbons (Fsp3) is 0.440. The molecular weight excluding hydrogens is 487 g/mol. The molecule has 0 bridgehead atoms. The molecule has 10 heteroatoms. The lowest BCUT2D eigenvalue weighted by atomic mass is 9.80. The van der Waals surface area contributed by atoms with Crippen LogP contribution in [0.4, 0.5) is 5.82 Å². The van der Waals surface area contributed by atoms with E-state index in [9.17, 15) is 4.79 Å². The van der Waals surface area contributed by atoms with Gasteiger partial charge < -0.3 is 14.9 Å². The van der Waals surface area contributed by atoms with Crippen LogP contribution < -0.4 is 4.90 Å². The first kappa shape index (κ1) is 24.0. The number of anilines is 1. The van der Waals surface area contributed by atoms with E-state index in [2.05, 4.69) is 26.5 Å². The lowest BCUT2D eigenvalue weighted by Gasteiger charge is -2.47. The molecule has 1 aromatic carbocycles. The van der Waals surface area contributed by atoms with Gasteiger partial charge in [-0.25, -0.2) is 14.6 Å². The Morgan fingerprint density at radius 1 is 1.23 bits per heavy atom. The molecule has 1 N–H and O–H groups in total. The first-order valence-corrected chi connectivity index (χ1v) is 12.6. The largest absolute Gasteiger partial charge is 0.481 e. The van der Waals surface area contributed by atoms with Crippen LogP contribution in [0.2, 0.25) is 10.0 Å². The number of aromatic nitrogens is 4. The molecule has 0 unspecified atom stereocenters. The Hall–Kier alpha value is -2.68. The molecule has 1 atom stereocenters. The highest BCUT2D eigenvalue weighted by molar-refractivity contribution is 6.35. The molecule has 0 radical (unpaired) electrons. The molecule has 35 heavy (non-hydrogen) atoms. The molecular formula is C25H28Cl2N6O2. The number of carbonyl (C=O) groups is 1.